The van der Waals surface area contributed by atoms with Crippen LogP contribution in [-0.2, 0) is 0 Å². The number of hydrogen-bond donors (Lipinski definition) is 1. The lowest BCUT2D eigenvalue weighted by Gasteiger charge is -2.04. The van der Waals surface area contributed by atoms with E-state index in [4.69, 9.17) is 0 Å². The first-order valence-electron chi connectivity index (χ1n) is 8.14. The fraction of sp³-hybridized carbons (Fsp3) is 0.0500. The van der Waals surface area contributed by atoms with Gasteiger partial charge in [0.25, 0.3) is 5.91 Å². The normalized spacial score (nSPS) is 10.7. The van der Waals surface area contributed by atoms with E-state index >= 15 is 0 Å². The topological polar surface area (TPSA) is 59.8 Å². The Morgan fingerprint density at radius 1 is 1.04 bits per heavy atom. The van der Waals surface area contributed by atoms with Crippen LogP contribution < -0.4 is 5.32 Å². The van der Waals surface area contributed by atoms with Crippen LogP contribution in [0.1, 0.15) is 16.1 Å². The first kappa shape index (κ1) is 16.2. The molecule has 1 amide bonds. The third kappa shape index (κ3) is 3.41. The predicted molar refractivity (Wildman–Crippen MR) is 104 cm³/mol. The van der Waals surface area contributed by atoms with Gasteiger partial charge >= 0.3 is 0 Å². The van der Waals surface area contributed by atoms with E-state index in [1.807, 2.05) is 61.0 Å². The molecular formula is C20H16N4OS. The summed E-state index contributed by atoms with van der Waals surface area (Å²) in [4.78, 5) is 16.9. The average Bonchev–Trinajstić information content (AvgIpc) is 3.32. The van der Waals surface area contributed by atoms with Crippen molar-refractivity contribution >= 4 is 23.1 Å². The summed E-state index contributed by atoms with van der Waals surface area (Å²) in [5.74, 6) is 0.323. The van der Waals surface area contributed by atoms with Crippen LogP contribution in [0.3, 0.4) is 0 Å². The van der Waals surface area contributed by atoms with Crippen molar-refractivity contribution in [2.45, 2.75) is 6.92 Å². The van der Waals surface area contributed by atoms with Crippen molar-refractivity contribution in [3.8, 4) is 16.3 Å². The van der Waals surface area contributed by atoms with E-state index in [1.165, 1.54) is 0 Å². The van der Waals surface area contributed by atoms with E-state index in [0.29, 0.717) is 11.4 Å². The van der Waals surface area contributed by atoms with Crippen molar-refractivity contribution in [3.63, 3.8) is 0 Å². The van der Waals surface area contributed by atoms with Crippen molar-refractivity contribution in [2.75, 3.05) is 5.32 Å². The molecule has 5 nitrogen and oxygen atoms in total. The van der Waals surface area contributed by atoms with Crippen LogP contribution in [0.25, 0.3) is 16.3 Å². The molecule has 2 aromatic heterocycles. The summed E-state index contributed by atoms with van der Waals surface area (Å²) in [7, 11) is 0. The van der Waals surface area contributed by atoms with Crippen LogP contribution in [-0.4, -0.2) is 20.7 Å². The summed E-state index contributed by atoms with van der Waals surface area (Å²) in [5.41, 5.74) is 3.53. The number of carbonyl (C=O) groups excluding carboxylic acids is 1. The first-order valence-corrected chi connectivity index (χ1v) is 9.02. The van der Waals surface area contributed by atoms with E-state index in [-0.39, 0.29) is 5.91 Å². The molecule has 128 valence electrons. The molecule has 0 bridgehead atoms. The average molecular weight is 360 g/mol. The first-order chi connectivity index (χ1) is 12.7. The smallest absolute Gasteiger partial charge is 0.256 e. The molecule has 0 unspecified atom stereocenters. The number of rotatable bonds is 4. The van der Waals surface area contributed by atoms with E-state index in [9.17, 15) is 4.79 Å². The van der Waals surface area contributed by atoms with Gasteiger partial charge in [0, 0.05) is 34.5 Å². The van der Waals surface area contributed by atoms with Gasteiger partial charge in [0.1, 0.15) is 5.01 Å². The van der Waals surface area contributed by atoms with Crippen LogP contribution in [0.15, 0.2) is 72.2 Å². The maximum absolute atomic E-state index is 12.4. The quantitative estimate of drug-likeness (QED) is 0.580. The lowest BCUT2D eigenvalue weighted by molar-refractivity contribution is 0.102. The number of nitrogens with zero attached hydrogens (tertiary/aromatic N) is 3. The zero-order valence-corrected chi connectivity index (χ0v) is 14.9. The number of thiazole rings is 1. The Bertz CT molecular complexity index is 1040. The molecule has 2 aromatic carbocycles. The summed E-state index contributed by atoms with van der Waals surface area (Å²) in [6.07, 6.45) is 1.82. The highest BCUT2D eigenvalue weighted by molar-refractivity contribution is 7.13. The van der Waals surface area contributed by atoms with Gasteiger partial charge in [0.2, 0.25) is 0 Å². The Labute approximate surface area is 155 Å². The zero-order chi connectivity index (χ0) is 17.9. The number of benzene rings is 2. The second-order valence-electron chi connectivity index (χ2n) is 5.81. The molecule has 0 spiro atoms. The predicted octanol–water partition coefficient (Wildman–Crippen LogP) is 4.56. The molecule has 2 heterocycles. The molecule has 26 heavy (non-hydrogen) atoms. The molecule has 0 aliphatic carbocycles. The van der Waals surface area contributed by atoms with Crippen molar-refractivity contribution in [1.29, 1.82) is 0 Å². The minimum atomic E-state index is -0.190. The molecule has 0 fully saturated rings. The fourth-order valence-corrected chi connectivity index (χ4v) is 3.36. The summed E-state index contributed by atoms with van der Waals surface area (Å²) in [6, 6.07) is 19.0. The van der Waals surface area contributed by atoms with Gasteiger partial charge in [-0.25, -0.2) is 9.67 Å². The second kappa shape index (κ2) is 6.93. The summed E-state index contributed by atoms with van der Waals surface area (Å²) in [5, 5.41) is 10.2. The van der Waals surface area contributed by atoms with Gasteiger partial charge in [-0.05, 0) is 31.2 Å². The summed E-state index contributed by atoms with van der Waals surface area (Å²) >= 11 is 1.60. The monoisotopic (exact) mass is 360 g/mol. The van der Waals surface area contributed by atoms with Gasteiger partial charge in [-0.2, -0.15) is 5.10 Å². The number of para-hydroxylation sites is 1. The number of nitrogens with one attached hydrogen (secondary N) is 1. The van der Waals surface area contributed by atoms with Crippen molar-refractivity contribution in [3.05, 3.63) is 83.5 Å². The number of aromatic nitrogens is 3. The maximum Gasteiger partial charge on any atom is 0.256 e. The Hall–Kier alpha value is -3.25. The van der Waals surface area contributed by atoms with E-state index in [0.717, 1.165) is 22.0 Å². The standard InChI is InChI=1S/C20H16N4OS/c1-14-13-26-20(21-14)16-9-7-15(8-10-16)19(25)22-18-11-12-24(23-18)17-5-3-2-4-6-17/h2-13H,1H3,(H,22,23,25). The van der Waals surface area contributed by atoms with Gasteiger partial charge in [0.05, 0.1) is 5.69 Å². The second-order valence-corrected chi connectivity index (χ2v) is 6.66. The lowest BCUT2D eigenvalue weighted by Crippen LogP contribution is -2.12. The van der Waals surface area contributed by atoms with Crippen molar-refractivity contribution in [1.82, 2.24) is 14.8 Å². The number of carbonyl (C=O) groups is 1. The zero-order valence-electron chi connectivity index (χ0n) is 14.1. The molecule has 4 rings (SSSR count). The van der Waals surface area contributed by atoms with E-state index in [1.54, 1.807) is 34.2 Å². The molecule has 4 aromatic rings. The Balaban J connectivity index is 1.47. The minimum Gasteiger partial charge on any atom is -0.305 e. The SMILES string of the molecule is Cc1csc(-c2ccc(C(=O)Nc3ccn(-c4ccccc4)n3)cc2)n1. The Morgan fingerprint density at radius 3 is 2.50 bits per heavy atom. The third-order valence-corrected chi connectivity index (χ3v) is 4.87. The van der Waals surface area contributed by atoms with Crippen LogP contribution in [0.5, 0.6) is 0 Å². The number of aryl methyl sites for hydroxylation is 1. The lowest BCUT2D eigenvalue weighted by atomic mass is 10.1. The largest absolute Gasteiger partial charge is 0.305 e. The summed E-state index contributed by atoms with van der Waals surface area (Å²) in [6.45, 7) is 1.97. The van der Waals surface area contributed by atoms with Crippen LogP contribution in [0.2, 0.25) is 0 Å². The number of hydrogen-bond acceptors (Lipinski definition) is 4. The van der Waals surface area contributed by atoms with Gasteiger partial charge < -0.3 is 5.32 Å². The maximum atomic E-state index is 12.4. The van der Waals surface area contributed by atoms with Gasteiger partial charge in [-0.15, -0.1) is 11.3 Å². The molecule has 1 N–H and O–H groups in total. The number of anilines is 1. The molecule has 0 aliphatic rings. The molecular weight excluding hydrogens is 344 g/mol. The van der Waals surface area contributed by atoms with Crippen LogP contribution in [0.4, 0.5) is 5.82 Å². The third-order valence-electron chi connectivity index (χ3n) is 3.86. The van der Waals surface area contributed by atoms with Crippen molar-refractivity contribution < 1.29 is 4.79 Å². The molecule has 0 saturated carbocycles. The van der Waals surface area contributed by atoms with E-state index < -0.39 is 0 Å². The van der Waals surface area contributed by atoms with Crippen molar-refractivity contribution in [2.24, 2.45) is 0 Å². The summed E-state index contributed by atoms with van der Waals surface area (Å²) < 4.78 is 1.73. The molecule has 0 saturated heterocycles. The van der Waals surface area contributed by atoms with Crippen LogP contribution in [0, 0.1) is 6.92 Å². The minimum absolute atomic E-state index is 0.190. The Morgan fingerprint density at radius 2 is 1.81 bits per heavy atom. The highest BCUT2D eigenvalue weighted by atomic mass is 32.1. The molecule has 0 radical (unpaired) electrons. The van der Waals surface area contributed by atoms with Gasteiger partial charge in [0.15, 0.2) is 5.82 Å². The molecule has 6 heteroatoms. The van der Waals surface area contributed by atoms with Gasteiger partial charge in [-0.1, -0.05) is 30.3 Å². The number of amides is 1. The highest BCUT2D eigenvalue weighted by Gasteiger charge is 2.10. The molecule has 0 atom stereocenters. The van der Waals surface area contributed by atoms with Gasteiger partial charge in [-0.3, -0.25) is 4.79 Å². The molecule has 0 aliphatic heterocycles. The Kier molecular flexibility index (Phi) is 4.33. The highest BCUT2D eigenvalue weighted by Crippen LogP contribution is 2.24. The van der Waals surface area contributed by atoms with Crippen LogP contribution >= 0.6 is 11.3 Å². The van der Waals surface area contributed by atoms with E-state index in [2.05, 4.69) is 15.4 Å². The fourth-order valence-electron chi connectivity index (χ4n) is 2.55.